The van der Waals surface area contributed by atoms with Crippen LogP contribution in [0, 0.1) is 6.92 Å². The van der Waals surface area contributed by atoms with Gasteiger partial charge in [0.25, 0.3) is 0 Å². The fourth-order valence-corrected chi connectivity index (χ4v) is 2.58. The molecular weight excluding hydrogens is 292 g/mol. The molecule has 2 rings (SSSR count). The van der Waals surface area contributed by atoms with Gasteiger partial charge in [0.1, 0.15) is 10.7 Å². The van der Waals surface area contributed by atoms with Crippen molar-refractivity contribution in [2.45, 2.75) is 31.7 Å². The van der Waals surface area contributed by atoms with Gasteiger partial charge in [-0.3, -0.25) is 0 Å². The van der Waals surface area contributed by atoms with Gasteiger partial charge < -0.3 is 9.84 Å². The van der Waals surface area contributed by atoms with Gasteiger partial charge in [-0.2, -0.15) is 0 Å². The number of pyridine rings is 1. The molecule has 0 amide bonds. The van der Waals surface area contributed by atoms with E-state index in [1.165, 1.54) is 12.3 Å². The van der Waals surface area contributed by atoms with Crippen molar-refractivity contribution in [1.29, 1.82) is 0 Å². The average Bonchev–Trinajstić information content (AvgIpc) is 2.89. The van der Waals surface area contributed by atoms with E-state index in [4.69, 9.17) is 4.52 Å². The molecule has 0 atom stereocenters. The maximum Gasteiger partial charge on any atom is 0.242 e. The van der Waals surface area contributed by atoms with Crippen LogP contribution in [0.25, 0.3) is 0 Å². The van der Waals surface area contributed by atoms with Crippen molar-refractivity contribution in [2.75, 3.05) is 11.9 Å². The van der Waals surface area contributed by atoms with Gasteiger partial charge in [0.2, 0.25) is 10.0 Å². The van der Waals surface area contributed by atoms with E-state index in [0.717, 1.165) is 13.0 Å². The quantitative estimate of drug-likeness (QED) is 0.807. The van der Waals surface area contributed by atoms with E-state index in [1.54, 1.807) is 19.1 Å². The van der Waals surface area contributed by atoms with Crippen molar-refractivity contribution in [2.24, 2.45) is 0 Å². The van der Waals surface area contributed by atoms with Crippen LogP contribution in [0.1, 0.15) is 24.8 Å². The number of rotatable bonds is 7. The fraction of sp³-hybridized carbons (Fsp3) is 0.385. The Hall–Kier alpha value is -1.93. The summed E-state index contributed by atoms with van der Waals surface area (Å²) >= 11 is 0. The van der Waals surface area contributed by atoms with Crippen molar-refractivity contribution >= 4 is 15.8 Å². The predicted octanol–water partition coefficient (Wildman–Crippen LogP) is 1.68. The Bertz CT molecular complexity index is 680. The molecule has 0 aliphatic carbocycles. The molecule has 0 aliphatic rings. The molecule has 2 aromatic heterocycles. The highest BCUT2D eigenvalue weighted by atomic mass is 32.2. The second-order valence-corrected chi connectivity index (χ2v) is 6.33. The largest absolute Gasteiger partial charge is 0.370 e. The summed E-state index contributed by atoms with van der Waals surface area (Å²) in [6.07, 6.45) is 2.30. The minimum atomic E-state index is -3.61. The monoisotopic (exact) mass is 310 g/mol. The third kappa shape index (κ3) is 4.27. The maximum atomic E-state index is 12.1. The first-order chi connectivity index (χ1) is 10.0. The highest BCUT2D eigenvalue weighted by Crippen LogP contribution is 2.11. The minimum absolute atomic E-state index is 0.0546. The number of aryl methyl sites for hydroxylation is 1. The molecule has 0 spiro atoms. The van der Waals surface area contributed by atoms with Crippen LogP contribution in [0.5, 0.6) is 0 Å². The second kappa shape index (κ2) is 6.68. The van der Waals surface area contributed by atoms with Gasteiger partial charge in [0.05, 0.1) is 12.2 Å². The minimum Gasteiger partial charge on any atom is -0.370 e. The van der Waals surface area contributed by atoms with Gasteiger partial charge in [-0.25, -0.2) is 18.1 Å². The normalized spacial score (nSPS) is 11.5. The van der Waals surface area contributed by atoms with Crippen LogP contribution in [0.4, 0.5) is 5.82 Å². The van der Waals surface area contributed by atoms with Crippen LogP contribution in [0.3, 0.4) is 0 Å². The number of anilines is 1. The van der Waals surface area contributed by atoms with Gasteiger partial charge in [-0.15, -0.1) is 0 Å². The Morgan fingerprint density at radius 3 is 2.71 bits per heavy atom. The molecule has 0 aromatic carbocycles. The zero-order valence-electron chi connectivity index (χ0n) is 12.0. The summed E-state index contributed by atoms with van der Waals surface area (Å²) in [6, 6.07) is 4.83. The van der Waals surface area contributed by atoms with E-state index in [-0.39, 0.29) is 11.4 Å². The summed E-state index contributed by atoms with van der Waals surface area (Å²) in [6.45, 7) is 4.66. The van der Waals surface area contributed by atoms with E-state index in [1.807, 2.05) is 6.92 Å². The van der Waals surface area contributed by atoms with Gasteiger partial charge >= 0.3 is 0 Å². The summed E-state index contributed by atoms with van der Waals surface area (Å²) in [4.78, 5) is 4.19. The van der Waals surface area contributed by atoms with Gasteiger partial charge in [-0.05, 0) is 25.5 Å². The molecule has 0 saturated heterocycles. The maximum absolute atomic E-state index is 12.1. The smallest absolute Gasteiger partial charge is 0.242 e. The summed E-state index contributed by atoms with van der Waals surface area (Å²) in [7, 11) is -3.61. The Labute approximate surface area is 123 Å². The summed E-state index contributed by atoms with van der Waals surface area (Å²) in [5.41, 5.74) is 0.706. The van der Waals surface area contributed by atoms with Crippen molar-refractivity contribution in [1.82, 2.24) is 14.9 Å². The lowest BCUT2D eigenvalue weighted by atomic mass is 10.4. The molecule has 2 aromatic rings. The predicted molar refractivity (Wildman–Crippen MR) is 78.3 cm³/mol. The molecule has 2 heterocycles. The van der Waals surface area contributed by atoms with Crippen LogP contribution < -0.4 is 10.0 Å². The van der Waals surface area contributed by atoms with E-state index in [9.17, 15) is 8.42 Å². The molecule has 2 N–H and O–H groups in total. The Balaban J connectivity index is 2.01. The molecule has 0 radical (unpaired) electrons. The van der Waals surface area contributed by atoms with E-state index < -0.39 is 10.0 Å². The van der Waals surface area contributed by atoms with Crippen molar-refractivity contribution in [3.05, 3.63) is 35.9 Å². The summed E-state index contributed by atoms with van der Waals surface area (Å²) in [5.74, 6) is 1.12. The third-order valence-corrected chi connectivity index (χ3v) is 4.10. The SMILES string of the molecule is CCCNc1ccc(S(=O)(=O)NCc2cc(C)no2)cn1. The van der Waals surface area contributed by atoms with E-state index >= 15 is 0 Å². The molecule has 21 heavy (non-hydrogen) atoms. The average molecular weight is 310 g/mol. The number of nitrogens with one attached hydrogen (secondary N) is 2. The lowest BCUT2D eigenvalue weighted by Crippen LogP contribution is -2.23. The van der Waals surface area contributed by atoms with Crippen molar-refractivity contribution in [3.8, 4) is 0 Å². The number of sulfonamides is 1. The molecule has 0 aliphatic heterocycles. The Morgan fingerprint density at radius 2 is 2.14 bits per heavy atom. The number of hydrogen-bond donors (Lipinski definition) is 2. The molecule has 0 fully saturated rings. The van der Waals surface area contributed by atoms with Gasteiger partial charge in [0, 0.05) is 18.8 Å². The molecule has 7 nitrogen and oxygen atoms in total. The molecule has 114 valence electrons. The zero-order valence-corrected chi connectivity index (χ0v) is 12.8. The van der Waals surface area contributed by atoms with Gasteiger partial charge in [-0.1, -0.05) is 12.1 Å². The molecule has 0 bridgehead atoms. The fourth-order valence-electron chi connectivity index (χ4n) is 1.65. The van der Waals surface area contributed by atoms with Crippen LogP contribution in [0.2, 0.25) is 0 Å². The first-order valence-electron chi connectivity index (χ1n) is 6.63. The summed E-state index contributed by atoms with van der Waals surface area (Å²) < 4.78 is 31.6. The van der Waals surface area contributed by atoms with E-state index in [2.05, 4.69) is 20.2 Å². The third-order valence-electron chi connectivity index (χ3n) is 2.72. The number of nitrogens with zero attached hydrogens (tertiary/aromatic N) is 2. The molecular formula is C13H18N4O3S. The highest BCUT2D eigenvalue weighted by molar-refractivity contribution is 7.89. The lowest BCUT2D eigenvalue weighted by molar-refractivity contribution is 0.377. The summed E-state index contributed by atoms with van der Waals surface area (Å²) in [5, 5.41) is 6.78. The zero-order chi connectivity index (χ0) is 15.3. The van der Waals surface area contributed by atoms with Crippen LogP contribution in [-0.4, -0.2) is 25.1 Å². The topological polar surface area (TPSA) is 97.1 Å². The molecule has 0 unspecified atom stereocenters. The van der Waals surface area contributed by atoms with E-state index in [0.29, 0.717) is 17.3 Å². The highest BCUT2D eigenvalue weighted by Gasteiger charge is 2.15. The molecule has 0 saturated carbocycles. The molecule has 8 heteroatoms. The first-order valence-corrected chi connectivity index (χ1v) is 8.11. The Morgan fingerprint density at radius 1 is 1.33 bits per heavy atom. The first kappa shape index (κ1) is 15.5. The second-order valence-electron chi connectivity index (χ2n) is 4.57. The Kier molecular flexibility index (Phi) is 4.92. The van der Waals surface area contributed by atoms with Crippen LogP contribution >= 0.6 is 0 Å². The number of hydrogen-bond acceptors (Lipinski definition) is 6. The van der Waals surface area contributed by atoms with Gasteiger partial charge in [0.15, 0.2) is 5.76 Å². The van der Waals surface area contributed by atoms with Crippen LogP contribution in [-0.2, 0) is 16.6 Å². The standard InChI is InChI=1S/C13H18N4O3S/c1-3-6-14-13-5-4-12(9-15-13)21(18,19)16-8-11-7-10(2)17-20-11/h4-5,7,9,16H,3,6,8H2,1-2H3,(H,14,15). The number of aromatic nitrogens is 2. The van der Waals surface area contributed by atoms with Crippen molar-refractivity contribution in [3.63, 3.8) is 0 Å². The van der Waals surface area contributed by atoms with Crippen LogP contribution in [0.15, 0.2) is 33.8 Å². The lowest BCUT2D eigenvalue weighted by Gasteiger charge is -2.07. The van der Waals surface area contributed by atoms with Crippen molar-refractivity contribution < 1.29 is 12.9 Å².